The Morgan fingerprint density at radius 3 is 1.59 bits per heavy atom. The van der Waals surface area contributed by atoms with Gasteiger partial charge in [-0.3, -0.25) is 14.5 Å². The van der Waals surface area contributed by atoms with Crippen LogP contribution in [-0.4, -0.2) is 16.7 Å². The maximum absolute atomic E-state index is 13.3. The van der Waals surface area contributed by atoms with Crippen LogP contribution in [-0.2, 0) is 16.1 Å². The Kier molecular flexibility index (Phi) is 2.88. The van der Waals surface area contributed by atoms with Gasteiger partial charge in [0.2, 0.25) is 11.8 Å². The predicted octanol–water partition coefficient (Wildman–Crippen LogP) is 3.67. The van der Waals surface area contributed by atoms with Crippen LogP contribution >= 0.6 is 0 Å². The van der Waals surface area contributed by atoms with E-state index in [9.17, 15) is 9.59 Å². The third-order valence-electron chi connectivity index (χ3n) is 6.43. The highest BCUT2D eigenvalue weighted by Crippen LogP contribution is 2.61. The molecule has 7 rings (SSSR count). The summed E-state index contributed by atoms with van der Waals surface area (Å²) in [4.78, 5) is 28.1. The third-order valence-corrected chi connectivity index (χ3v) is 6.43. The summed E-state index contributed by atoms with van der Waals surface area (Å²) in [5, 5.41) is 0. The zero-order chi connectivity index (χ0) is 18.1. The number of rotatable bonds is 2. The highest BCUT2D eigenvalue weighted by molar-refractivity contribution is 6.07. The van der Waals surface area contributed by atoms with Gasteiger partial charge < -0.3 is 4.42 Å². The normalized spacial score (nSPS) is 27.5. The summed E-state index contributed by atoms with van der Waals surface area (Å²) in [6.45, 7) is 0.212. The Labute approximate surface area is 156 Å². The van der Waals surface area contributed by atoms with Crippen LogP contribution in [0.15, 0.2) is 71.3 Å². The number of imide groups is 1. The second-order valence-electron chi connectivity index (χ2n) is 7.61. The van der Waals surface area contributed by atoms with Gasteiger partial charge in [-0.25, -0.2) is 0 Å². The number of carbonyl (C=O) groups is 2. The van der Waals surface area contributed by atoms with Crippen molar-refractivity contribution in [3.8, 4) is 0 Å². The molecule has 4 nitrogen and oxygen atoms in total. The Balaban J connectivity index is 1.53. The van der Waals surface area contributed by atoms with E-state index in [1.165, 1.54) is 27.2 Å². The zero-order valence-corrected chi connectivity index (χ0v) is 14.5. The van der Waals surface area contributed by atoms with Crippen molar-refractivity contribution in [3.05, 3.63) is 94.9 Å². The SMILES string of the molecule is O=C1[C@@H]2C3c4ccccc4C(c4ccccc43)[C@@H]2C(=O)N1Cc1ccco1. The summed E-state index contributed by atoms with van der Waals surface area (Å²) in [5.74, 6) is -0.237. The number of hydrogen-bond donors (Lipinski definition) is 0. The highest BCUT2D eigenvalue weighted by atomic mass is 16.3. The summed E-state index contributed by atoms with van der Waals surface area (Å²) in [6, 6.07) is 20.2. The highest BCUT2D eigenvalue weighted by Gasteiger charge is 2.61. The van der Waals surface area contributed by atoms with Crippen molar-refractivity contribution in [2.24, 2.45) is 11.8 Å². The van der Waals surface area contributed by atoms with Crippen molar-refractivity contribution in [3.63, 3.8) is 0 Å². The van der Waals surface area contributed by atoms with Crippen LogP contribution in [0.5, 0.6) is 0 Å². The molecular weight excluding hydrogens is 338 g/mol. The first-order chi connectivity index (χ1) is 13.3. The van der Waals surface area contributed by atoms with E-state index in [0.29, 0.717) is 5.76 Å². The lowest BCUT2D eigenvalue weighted by Gasteiger charge is -2.45. The van der Waals surface area contributed by atoms with Crippen molar-refractivity contribution in [2.45, 2.75) is 18.4 Å². The van der Waals surface area contributed by atoms with Crippen LogP contribution in [0.3, 0.4) is 0 Å². The summed E-state index contributed by atoms with van der Waals surface area (Å²) >= 11 is 0. The van der Waals surface area contributed by atoms with Gasteiger partial charge >= 0.3 is 0 Å². The van der Waals surface area contributed by atoms with Gasteiger partial charge in [0.25, 0.3) is 0 Å². The lowest BCUT2D eigenvalue weighted by Crippen LogP contribution is -2.41. The molecule has 4 heteroatoms. The number of furan rings is 1. The van der Waals surface area contributed by atoms with Crippen LogP contribution in [0, 0.1) is 11.8 Å². The largest absolute Gasteiger partial charge is 0.467 e. The number of likely N-dealkylation sites (tertiary alicyclic amines) is 1. The molecule has 2 atom stereocenters. The minimum Gasteiger partial charge on any atom is -0.467 e. The van der Waals surface area contributed by atoms with Gasteiger partial charge in [0.1, 0.15) is 5.76 Å². The smallest absolute Gasteiger partial charge is 0.234 e. The molecule has 3 aromatic rings. The average molecular weight is 355 g/mol. The quantitative estimate of drug-likeness (QED) is 0.659. The Morgan fingerprint density at radius 1 is 0.704 bits per heavy atom. The van der Waals surface area contributed by atoms with E-state index in [-0.39, 0.29) is 42.0 Å². The van der Waals surface area contributed by atoms with E-state index < -0.39 is 0 Å². The first-order valence-corrected chi connectivity index (χ1v) is 9.31. The number of amides is 2. The van der Waals surface area contributed by atoms with Gasteiger partial charge in [-0.1, -0.05) is 48.5 Å². The number of nitrogens with zero attached hydrogens (tertiary/aromatic N) is 1. The second-order valence-corrected chi connectivity index (χ2v) is 7.61. The van der Waals surface area contributed by atoms with E-state index in [1.807, 2.05) is 24.3 Å². The fourth-order valence-corrected chi connectivity index (χ4v) is 5.45. The monoisotopic (exact) mass is 355 g/mol. The second kappa shape index (κ2) is 5.19. The maximum Gasteiger partial charge on any atom is 0.234 e. The molecule has 4 aliphatic rings. The van der Waals surface area contributed by atoms with Crippen molar-refractivity contribution in [2.75, 3.05) is 0 Å². The molecule has 0 unspecified atom stereocenters. The van der Waals surface area contributed by atoms with Crippen molar-refractivity contribution >= 4 is 11.8 Å². The molecule has 2 aromatic carbocycles. The van der Waals surface area contributed by atoms with E-state index >= 15 is 0 Å². The zero-order valence-electron chi connectivity index (χ0n) is 14.5. The first-order valence-electron chi connectivity index (χ1n) is 9.31. The molecule has 1 aliphatic heterocycles. The molecule has 1 saturated heterocycles. The number of hydrogen-bond acceptors (Lipinski definition) is 3. The summed E-state index contributed by atoms with van der Waals surface area (Å²) in [7, 11) is 0. The van der Waals surface area contributed by atoms with Crippen LogP contribution in [0.1, 0.15) is 39.8 Å². The lowest BCUT2D eigenvalue weighted by atomic mass is 9.55. The summed E-state index contributed by atoms with van der Waals surface area (Å²) in [6.07, 6.45) is 1.57. The van der Waals surface area contributed by atoms with Crippen LogP contribution in [0.25, 0.3) is 0 Å². The van der Waals surface area contributed by atoms with Crippen molar-refractivity contribution < 1.29 is 14.0 Å². The van der Waals surface area contributed by atoms with Crippen molar-refractivity contribution in [1.82, 2.24) is 4.90 Å². The number of benzene rings is 2. The van der Waals surface area contributed by atoms with Gasteiger partial charge in [0.05, 0.1) is 24.6 Å². The molecule has 0 saturated carbocycles. The molecule has 2 bridgehead atoms. The number of carbonyl (C=O) groups excluding carboxylic acids is 2. The molecule has 1 fully saturated rings. The fraction of sp³-hybridized carbons (Fsp3) is 0.217. The molecule has 3 aliphatic carbocycles. The van der Waals surface area contributed by atoms with E-state index in [1.54, 1.807) is 18.4 Å². The molecular formula is C23H17NO3. The molecule has 27 heavy (non-hydrogen) atoms. The van der Waals surface area contributed by atoms with Crippen LogP contribution in [0.2, 0.25) is 0 Å². The molecule has 0 N–H and O–H groups in total. The topological polar surface area (TPSA) is 50.5 Å². The Bertz CT molecular complexity index is 969. The summed E-state index contributed by atoms with van der Waals surface area (Å²) < 4.78 is 5.39. The first kappa shape index (κ1) is 15.0. The molecule has 2 amide bonds. The van der Waals surface area contributed by atoms with E-state index in [0.717, 1.165) is 0 Å². The van der Waals surface area contributed by atoms with E-state index in [2.05, 4.69) is 24.3 Å². The minimum absolute atomic E-state index is 0.0505. The lowest BCUT2D eigenvalue weighted by molar-refractivity contribution is -0.141. The van der Waals surface area contributed by atoms with Gasteiger partial charge in [0.15, 0.2) is 0 Å². The Hall–Kier alpha value is -3.14. The minimum atomic E-state index is -0.317. The third kappa shape index (κ3) is 1.82. The molecule has 1 aromatic heterocycles. The van der Waals surface area contributed by atoms with Gasteiger partial charge in [0, 0.05) is 11.8 Å². The summed E-state index contributed by atoms with van der Waals surface area (Å²) in [5.41, 5.74) is 4.79. The maximum atomic E-state index is 13.3. The van der Waals surface area contributed by atoms with Crippen molar-refractivity contribution in [1.29, 1.82) is 0 Å². The van der Waals surface area contributed by atoms with Crippen LogP contribution in [0.4, 0.5) is 0 Å². The van der Waals surface area contributed by atoms with E-state index in [4.69, 9.17) is 4.42 Å². The van der Waals surface area contributed by atoms with Gasteiger partial charge in [-0.15, -0.1) is 0 Å². The fourth-order valence-electron chi connectivity index (χ4n) is 5.45. The van der Waals surface area contributed by atoms with Gasteiger partial charge in [-0.2, -0.15) is 0 Å². The average Bonchev–Trinajstić information content (AvgIpc) is 3.31. The standard InChI is InChI=1S/C23H17NO3/c25-22-20-18-14-7-1-2-8-15(14)19(17-10-4-3-9-16(17)18)21(20)23(26)24(22)12-13-6-5-11-27-13/h1-11,18-21H,12H2/t18?,19?,20-,21+. The van der Waals surface area contributed by atoms with Gasteiger partial charge in [-0.05, 0) is 34.4 Å². The molecule has 0 radical (unpaired) electrons. The molecule has 2 heterocycles. The van der Waals surface area contributed by atoms with Crippen LogP contribution < -0.4 is 0 Å². The molecule has 132 valence electrons. The predicted molar refractivity (Wildman–Crippen MR) is 97.8 cm³/mol. The Morgan fingerprint density at radius 2 is 1.19 bits per heavy atom. The molecule has 0 spiro atoms.